The van der Waals surface area contributed by atoms with Gasteiger partial charge in [0, 0.05) is 38.2 Å². The number of ether oxygens (including phenoxy) is 2. The Morgan fingerprint density at radius 1 is 1.25 bits per heavy atom. The largest absolute Gasteiger partial charge is 0.382 e. The van der Waals surface area contributed by atoms with E-state index >= 15 is 0 Å². The minimum Gasteiger partial charge on any atom is -0.382 e. The number of rotatable bonds is 9. The lowest BCUT2D eigenvalue weighted by atomic mass is 9.54. The maximum atomic E-state index is 12.7. The van der Waals surface area contributed by atoms with Crippen LogP contribution in [0.4, 0.5) is 0 Å². The summed E-state index contributed by atoms with van der Waals surface area (Å²) in [6.45, 7) is 11.0. The molecule has 2 atom stereocenters. The molecule has 5 nitrogen and oxygen atoms in total. The monoisotopic (exact) mass is 362 g/mol. The molecule has 0 radical (unpaired) electrons. The zero-order chi connectivity index (χ0) is 17.1. The summed E-state index contributed by atoms with van der Waals surface area (Å²) < 4.78 is 11.2. The maximum Gasteiger partial charge on any atom is 0.240 e. The Labute approximate surface area is 152 Å². The van der Waals surface area contributed by atoms with Crippen LogP contribution in [-0.2, 0) is 14.3 Å². The Bertz CT molecular complexity index is 426. The van der Waals surface area contributed by atoms with Crippen molar-refractivity contribution in [3.8, 4) is 0 Å². The van der Waals surface area contributed by atoms with Crippen molar-refractivity contribution in [1.29, 1.82) is 0 Å². The van der Waals surface area contributed by atoms with Crippen LogP contribution >= 0.6 is 12.4 Å². The van der Waals surface area contributed by atoms with Crippen LogP contribution in [0.1, 0.15) is 59.8 Å². The van der Waals surface area contributed by atoms with Gasteiger partial charge in [-0.05, 0) is 38.5 Å². The van der Waals surface area contributed by atoms with E-state index in [4.69, 9.17) is 15.2 Å². The number of amides is 1. The highest BCUT2D eigenvalue weighted by Gasteiger charge is 2.63. The summed E-state index contributed by atoms with van der Waals surface area (Å²) in [4.78, 5) is 12.7. The first-order chi connectivity index (χ1) is 10.8. The van der Waals surface area contributed by atoms with Crippen LogP contribution in [0.2, 0.25) is 0 Å². The third kappa shape index (κ3) is 3.90. The van der Waals surface area contributed by atoms with Crippen LogP contribution in [0.3, 0.4) is 0 Å². The van der Waals surface area contributed by atoms with Crippen molar-refractivity contribution in [3.63, 3.8) is 0 Å². The third-order valence-corrected chi connectivity index (χ3v) is 6.25. The van der Waals surface area contributed by atoms with Crippen LogP contribution in [0, 0.1) is 10.8 Å². The number of carbonyl (C=O) groups excluding carboxylic acids is 1. The van der Waals surface area contributed by atoms with Crippen molar-refractivity contribution in [2.24, 2.45) is 16.6 Å². The Morgan fingerprint density at radius 3 is 2.38 bits per heavy atom. The van der Waals surface area contributed by atoms with Gasteiger partial charge >= 0.3 is 0 Å². The summed E-state index contributed by atoms with van der Waals surface area (Å²) in [5.41, 5.74) is 5.51. The number of hydrogen-bond acceptors (Lipinski definition) is 4. The highest BCUT2D eigenvalue weighted by Crippen LogP contribution is 2.50. The van der Waals surface area contributed by atoms with Gasteiger partial charge in [-0.1, -0.05) is 20.3 Å². The lowest BCUT2D eigenvalue weighted by Crippen LogP contribution is -2.76. The average molecular weight is 363 g/mol. The second-order valence-corrected chi connectivity index (χ2v) is 7.82. The van der Waals surface area contributed by atoms with Crippen molar-refractivity contribution in [1.82, 2.24) is 5.32 Å². The normalized spacial score (nSPS) is 29.8. The van der Waals surface area contributed by atoms with Gasteiger partial charge in [-0.2, -0.15) is 0 Å². The molecule has 0 aromatic carbocycles. The van der Waals surface area contributed by atoms with Gasteiger partial charge in [0.25, 0.3) is 0 Å². The van der Waals surface area contributed by atoms with E-state index in [1.165, 1.54) is 19.3 Å². The zero-order valence-corrected chi connectivity index (χ0v) is 16.5. The maximum absolute atomic E-state index is 12.7. The van der Waals surface area contributed by atoms with E-state index in [2.05, 4.69) is 5.32 Å². The Kier molecular flexibility index (Phi) is 7.54. The van der Waals surface area contributed by atoms with Crippen molar-refractivity contribution in [2.75, 3.05) is 26.4 Å². The average Bonchev–Trinajstić information content (AvgIpc) is 2.48. The molecule has 6 heteroatoms. The van der Waals surface area contributed by atoms with Crippen LogP contribution in [0.15, 0.2) is 0 Å². The van der Waals surface area contributed by atoms with E-state index < -0.39 is 5.54 Å². The molecule has 0 bridgehead atoms. The highest BCUT2D eigenvalue weighted by atomic mass is 35.5. The van der Waals surface area contributed by atoms with Crippen LogP contribution < -0.4 is 11.1 Å². The molecule has 3 N–H and O–H groups in total. The molecule has 0 aromatic rings. The number of nitrogens with one attached hydrogen (secondary N) is 1. The van der Waals surface area contributed by atoms with Gasteiger partial charge in [0.05, 0.1) is 6.10 Å². The quantitative estimate of drug-likeness (QED) is 0.618. The van der Waals surface area contributed by atoms with E-state index in [1.807, 2.05) is 27.7 Å². The summed E-state index contributed by atoms with van der Waals surface area (Å²) >= 11 is 0. The topological polar surface area (TPSA) is 73.6 Å². The van der Waals surface area contributed by atoms with Crippen molar-refractivity contribution >= 4 is 18.3 Å². The fraction of sp³-hybridized carbons (Fsp3) is 0.944. The minimum absolute atomic E-state index is 0. The van der Waals surface area contributed by atoms with Crippen LogP contribution in [0.5, 0.6) is 0 Å². The molecule has 0 saturated heterocycles. The summed E-state index contributed by atoms with van der Waals surface area (Å²) in [6, 6.07) is 0. The van der Waals surface area contributed by atoms with Gasteiger partial charge in [0.1, 0.15) is 5.54 Å². The fourth-order valence-electron chi connectivity index (χ4n) is 3.87. The van der Waals surface area contributed by atoms with E-state index in [-0.39, 0.29) is 35.2 Å². The second-order valence-electron chi connectivity index (χ2n) is 7.82. The Morgan fingerprint density at radius 2 is 1.92 bits per heavy atom. The molecule has 0 spiro atoms. The van der Waals surface area contributed by atoms with E-state index in [9.17, 15) is 4.79 Å². The second kappa shape index (κ2) is 8.35. The molecule has 2 fully saturated rings. The molecule has 0 heterocycles. The van der Waals surface area contributed by atoms with Gasteiger partial charge < -0.3 is 20.5 Å². The first kappa shape index (κ1) is 21.7. The molecule has 2 aliphatic carbocycles. The van der Waals surface area contributed by atoms with E-state index in [1.54, 1.807) is 0 Å². The molecule has 0 aromatic heterocycles. The van der Waals surface area contributed by atoms with Gasteiger partial charge in [0.2, 0.25) is 5.91 Å². The SMILES string of the molecule is CCOCCC1(CNC(=O)C2(N)CC(OCC)C2(C)C)CCC1.Cl. The van der Waals surface area contributed by atoms with Gasteiger partial charge in [-0.3, -0.25) is 4.79 Å². The lowest BCUT2D eigenvalue weighted by Gasteiger charge is -2.58. The molecular formula is C18H35ClN2O3. The number of halogens is 1. The van der Waals surface area contributed by atoms with Crippen molar-refractivity contribution < 1.29 is 14.3 Å². The summed E-state index contributed by atoms with van der Waals surface area (Å²) in [5.74, 6) is -0.0267. The van der Waals surface area contributed by atoms with Crippen LogP contribution in [-0.4, -0.2) is 43.9 Å². The standard InChI is InChI=1S/C18H34N2O3.ClH/c1-5-22-11-10-17(8-7-9-17)13-20-15(21)18(19)12-14(23-6-2)16(18,3)4;/h14H,5-13,19H2,1-4H3,(H,20,21);1H. The zero-order valence-electron chi connectivity index (χ0n) is 15.7. The number of hydrogen-bond donors (Lipinski definition) is 2. The minimum atomic E-state index is -0.822. The van der Waals surface area contributed by atoms with Crippen LogP contribution in [0.25, 0.3) is 0 Å². The third-order valence-electron chi connectivity index (χ3n) is 6.25. The molecule has 1 amide bonds. The Balaban J connectivity index is 0.00000288. The molecule has 2 saturated carbocycles. The smallest absolute Gasteiger partial charge is 0.240 e. The first-order valence-electron chi connectivity index (χ1n) is 9.08. The molecule has 24 heavy (non-hydrogen) atoms. The Hall–Kier alpha value is -0.360. The van der Waals surface area contributed by atoms with Gasteiger partial charge in [-0.15, -0.1) is 12.4 Å². The predicted molar refractivity (Wildman–Crippen MR) is 98.4 cm³/mol. The lowest BCUT2D eigenvalue weighted by molar-refractivity contribution is -0.171. The van der Waals surface area contributed by atoms with Crippen molar-refractivity contribution in [3.05, 3.63) is 0 Å². The highest BCUT2D eigenvalue weighted by molar-refractivity contribution is 5.88. The summed E-state index contributed by atoms with van der Waals surface area (Å²) in [7, 11) is 0. The molecule has 142 valence electrons. The predicted octanol–water partition coefficient (Wildman–Crippen LogP) is 2.65. The number of nitrogens with two attached hydrogens (primary N) is 1. The fourth-order valence-corrected chi connectivity index (χ4v) is 3.87. The van der Waals surface area contributed by atoms with Gasteiger partial charge in [-0.25, -0.2) is 0 Å². The van der Waals surface area contributed by atoms with Crippen molar-refractivity contribution in [2.45, 2.75) is 71.4 Å². The summed E-state index contributed by atoms with van der Waals surface area (Å²) in [6.07, 6.45) is 5.27. The van der Waals surface area contributed by atoms with E-state index in [0.717, 1.165) is 19.6 Å². The molecule has 2 rings (SSSR count). The molecular weight excluding hydrogens is 328 g/mol. The summed E-state index contributed by atoms with van der Waals surface area (Å²) in [5, 5.41) is 3.14. The molecule has 2 unspecified atom stereocenters. The molecule has 0 aliphatic heterocycles. The molecule has 2 aliphatic rings. The first-order valence-corrected chi connectivity index (χ1v) is 9.08. The number of carbonyl (C=O) groups is 1. The van der Waals surface area contributed by atoms with E-state index in [0.29, 0.717) is 19.6 Å². The van der Waals surface area contributed by atoms with Gasteiger partial charge in [0.15, 0.2) is 0 Å².